The van der Waals surface area contributed by atoms with Crippen molar-refractivity contribution < 1.29 is 17.9 Å². The molecule has 1 fully saturated rings. The van der Waals surface area contributed by atoms with E-state index in [2.05, 4.69) is 10.0 Å². The van der Waals surface area contributed by atoms with Gasteiger partial charge in [0.25, 0.3) is 5.91 Å². The van der Waals surface area contributed by atoms with Crippen LogP contribution in [0.15, 0.2) is 53.4 Å². The molecule has 1 aliphatic heterocycles. The molecule has 0 aromatic heterocycles. The second kappa shape index (κ2) is 7.35. The molecular weight excluding hydrogens is 340 g/mol. The van der Waals surface area contributed by atoms with Crippen molar-refractivity contribution in [2.75, 3.05) is 18.5 Å². The average molecular weight is 360 g/mol. The summed E-state index contributed by atoms with van der Waals surface area (Å²) in [6.45, 7) is 2.89. The molecule has 0 saturated carbocycles. The van der Waals surface area contributed by atoms with Crippen LogP contribution in [-0.4, -0.2) is 33.6 Å². The molecule has 0 radical (unpaired) electrons. The number of rotatable bonds is 5. The number of nitrogens with one attached hydrogen (secondary N) is 2. The van der Waals surface area contributed by atoms with Gasteiger partial charge >= 0.3 is 0 Å². The number of hydrogen-bond acceptors (Lipinski definition) is 4. The Hall–Kier alpha value is -2.22. The molecule has 0 aliphatic carbocycles. The van der Waals surface area contributed by atoms with Crippen molar-refractivity contribution in [1.82, 2.24) is 4.72 Å². The van der Waals surface area contributed by atoms with E-state index in [-0.39, 0.29) is 16.8 Å². The Morgan fingerprint density at radius 3 is 2.56 bits per heavy atom. The predicted molar refractivity (Wildman–Crippen MR) is 95.1 cm³/mol. The monoisotopic (exact) mass is 360 g/mol. The summed E-state index contributed by atoms with van der Waals surface area (Å²) in [6.07, 6.45) is 0.663. The molecule has 2 N–H and O–H groups in total. The topological polar surface area (TPSA) is 84.5 Å². The van der Waals surface area contributed by atoms with Crippen LogP contribution in [0.1, 0.15) is 22.3 Å². The minimum absolute atomic E-state index is 0.131. The van der Waals surface area contributed by atoms with Crippen LogP contribution in [0.3, 0.4) is 0 Å². The summed E-state index contributed by atoms with van der Waals surface area (Å²) in [4.78, 5) is 12.4. The smallest absolute Gasteiger partial charge is 0.255 e. The van der Waals surface area contributed by atoms with Gasteiger partial charge in [0.05, 0.1) is 11.5 Å². The molecule has 0 spiro atoms. The minimum atomic E-state index is -3.61. The molecule has 1 saturated heterocycles. The van der Waals surface area contributed by atoms with Crippen LogP contribution in [0.25, 0.3) is 0 Å². The van der Waals surface area contributed by atoms with Gasteiger partial charge in [-0.3, -0.25) is 4.79 Å². The Morgan fingerprint density at radius 2 is 1.92 bits per heavy atom. The molecule has 3 rings (SSSR count). The summed E-state index contributed by atoms with van der Waals surface area (Å²) in [7, 11) is -3.61. The molecule has 0 bridgehead atoms. The van der Waals surface area contributed by atoms with Crippen LogP contribution in [0.4, 0.5) is 5.69 Å². The molecule has 6 nitrogen and oxygen atoms in total. The number of amides is 1. The third-order valence-electron chi connectivity index (χ3n) is 3.95. The highest BCUT2D eigenvalue weighted by molar-refractivity contribution is 7.89. The molecule has 0 unspecified atom stereocenters. The first-order valence-electron chi connectivity index (χ1n) is 8.02. The van der Waals surface area contributed by atoms with Crippen molar-refractivity contribution in [2.45, 2.75) is 24.3 Å². The number of hydrogen-bond donors (Lipinski definition) is 2. The first-order chi connectivity index (χ1) is 11.9. The van der Waals surface area contributed by atoms with Crippen LogP contribution in [0, 0.1) is 6.92 Å². The second-order valence-corrected chi connectivity index (χ2v) is 7.74. The summed E-state index contributed by atoms with van der Waals surface area (Å²) < 4.78 is 32.4. The summed E-state index contributed by atoms with van der Waals surface area (Å²) in [5.74, 6) is -0.285. The van der Waals surface area contributed by atoms with Crippen LogP contribution < -0.4 is 10.0 Å². The Labute approximate surface area is 147 Å². The Kier molecular flexibility index (Phi) is 5.17. The Morgan fingerprint density at radius 1 is 1.16 bits per heavy atom. The number of aryl methyl sites for hydroxylation is 1. The van der Waals surface area contributed by atoms with Gasteiger partial charge in [0.15, 0.2) is 0 Å². The standard InChI is InChI=1S/C18H20N2O4S/c1-13-3-2-4-15(11-13)19-18(21)14-5-7-17(8-6-14)25(22,23)20-16-9-10-24-12-16/h2-8,11,16,20H,9-10,12H2,1H3,(H,19,21)/t16-/m1/s1. The normalized spacial score (nSPS) is 17.4. The fourth-order valence-electron chi connectivity index (χ4n) is 2.63. The molecule has 25 heavy (non-hydrogen) atoms. The van der Waals surface area contributed by atoms with Gasteiger partial charge in [-0.25, -0.2) is 13.1 Å². The van der Waals surface area contributed by atoms with Crippen molar-refractivity contribution in [1.29, 1.82) is 0 Å². The maximum Gasteiger partial charge on any atom is 0.255 e. The van der Waals surface area contributed by atoms with Crippen LogP contribution in [0.5, 0.6) is 0 Å². The molecule has 7 heteroatoms. The lowest BCUT2D eigenvalue weighted by atomic mass is 10.2. The fraction of sp³-hybridized carbons (Fsp3) is 0.278. The number of sulfonamides is 1. The zero-order valence-electron chi connectivity index (χ0n) is 13.9. The van der Waals surface area contributed by atoms with E-state index in [4.69, 9.17) is 4.74 Å². The quantitative estimate of drug-likeness (QED) is 0.857. The molecule has 2 aromatic rings. The molecule has 1 aliphatic rings. The van der Waals surface area contributed by atoms with E-state index in [1.165, 1.54) is 24.3 Å². The average Bonchev–Trinajstić information content (AvgIpc) is 3.07. The zero-order chi connectivity index (χ0) is 17.9. The largest absolute Gasteiger partial charge is 0.380 e. The highest BCUT2D eigenvalue weighted by Gasteiger charge is 2.23. The second-order valence-electron chi connectivity index (χ2n) is 6.03. The predicted octanol–water partition coefficient (Wildman–Crippen LogP) is 2.31. The lowest BCUT2D eigenvalue weighted by Gasteiger charge is -2.12. The summed E-state index contributed by atoms with van der Waals surface area (Å²) in [6, 6.07) is 13.1. The number of carbonyl (C=O) groups excluding carboxylic acids is 1. The van der Waals surface area contributed by atoms with Crippen LogP contribution in [0.2, 0.25) is 0 Å². The van der Waals surface area contributed by atoms with E-state index in [1.54, 1.807) is 6.07 Å². The number of carbonyl (C=O) groups is 1. The lowest BCUT2D eigenvalue weighted by Crippen LogP contribution is -2.35. The Balaban J connectivity index is 1.69. The molecule has 1 amide bonds. The van der Waals surface area contributed by atoms with E-state index in [0.717, 1.165) is 5.56 Å². The first-order valence-corrected chi connectivity index (χ1v) is 9.50. The minimum Gasteiger partial charge on any atom is -0.380 e. The van der Waals surface area contributed by atoms with Gasteiger partial charge < -0.3 is 10.1 Å². The van der Waals surface area contributed by atoms with Crippen LogP contribution >= 0.6 is 0 Å². The zero-order valence-corrected chi connectivity index (χ0v) is 14.7. The van der Waals surface area contributed by atoms with E-state index in [1.807, 2.05) is 25.1 Å². The van der Waals surface area contributed by atoms with Gasteiger partial charge in [0, 0.05) is 23.9 Å². The highest BCUT2D eigenvalue weighted by atomic mass is 32.2. The van der Waals surface area contributed by atoms with Gasteiger partial charge in [-0.15, -0.1) is 0 Å². The maximum absolute atomic E-state index is 12.3. The van der Waals surface area contributed by atoms with Crippen LogP contribution in [-0.2, 0) is 14.8 Å². The first kappa shape index (κ1) is 17.6. The summed E-state index contributed by atoms with van der Waals surface area (Å²) >= 11 is 0. The van der Waals surface area contributed by atoms with E-state index in [0.29, 0.717) is 30.9 Å². The highest BCUT2D eigenvalue weighted by Crippen LogP contribution is 2.15. The molecule has 1 heterocycles. The third kappa shape index (κ3) is 4.45. The van der Waals surface area contributed by atoms with Crippen molar-refractivity contribution in [3.63, 3.8) is 0 Å². The van der Waals surface area contributed by atoms with Gasteiger partial charge in [-0.05, 0) is 55.3 Å². The van der Waals surface area contributed by atoms with Gasteiger partial charge in [-0.2, -0.15) is 0 Å². The molecule has 1 atom stereocenters. The van der Waals surface area contributed by atoms with Crippen molar-refractivity contribution >= 4 is 21.6 Å². The molecule has 132 valence electrons. The van der Waals surface area contributed by atoms with Gasteiger partial charge in [0.2, 0.25) is 10.0 Å². The van der Waals surface area contributed by atoms with Gasteiger partial charge in [0.1, 0.15) is 0 Å². The third-order valence-corrected chi connectivity index (χ3v) is 5.49. The van der Waals surface area contributed by atoms with E-state index >= 15 is 0 Å². The summed E-state index contributed by atoms with van der Waals surface area (Å²) in [5, 5.41) is 2.80. The van der Waals surface area contributed by atoms with Crippen molar-refractivity contribution in [3.8, 4) is 0 Å². The van der Waals surface area contributed by atoms with Gasteiger partial charge in [-0.1, -0.05) is 12.1 Å². The Bertz CT molecular complexity index is 857. The number of anilines is 1. The van der Waals surface area contributed by atoms with E-state index < -0.39 is 10.0 Å². The molecule has 2 aromatic carbocycles. The van der Waals surface area contributed by atoms with Crippen molar-refractivity contribution in [3.05, 3.63) is 59.7 Å². The van der Waals surface area contributed by atoms with Crippen molar-refractivity contribution in [2.24, 2.45) is 0 Å². The SMILES string of the molecule is Cc1cccc(NC(=O)c2ccc(S(=O)(=O)N[C@@H]3CCOC3)cc2)c1. The van der Waals surface area contributed by atoms with E-state index in [9.17, 15) is 13.2 Å². The maximum atomic E-state index is 12.3. The number of benzene rings is 2. The fourth-order valence-corrected chi connectivity index (χ4v) is 3.88. The number of ether oxygens (including phenoxy) is 1. The summed E-state index contributed by atoms with van der Waals surface area (Å²) in [5.41, 5.74) is 2.13. The molecular formula is C18H20N2O4S. The lowest BCUT2D eigenvalue weighted by molar-refractivity contribution is 0.102.